The van der Waals surface area contributed by atoms with Gasteiger partial charge in [-0.05, 0) is 26.8 Å². The molecule has 0 amide bonds. The first-order valence-electron chi connectivity index (χ1n) is 4.87. The Hall–Kier alpha value is -0.930. The molecule has 0 aliphatic heterocycles. The zero-order valence-electron chi connectivity index (χ0n) is 8.90. The number of ether oxygens (including phenoxy) is 1. The number of aliphatic hydroxyl groups is 1. The maximum atomic E-state index is 9.85. The molecular formula is C11H17NO2. The maximum absolute atomic E-state index is 9.85. The van der Waals surface area contributed by atoms with Gasteiger partial charge in [0, 0.05) is 24.1 Å². The second kappa shape index (κ2) is 5.08. The van der Waals surface area contributed by atoms with Gasteiger partial charge in [0.1, 0.15) is 6.10 Å². The summed E-state index contributed by atoms with van der Waals surface area (Å²) in [4.78, 5) is 4.13. The minimum atomic E-state index is -0.594. The molecule has 2 unspecified atom stereocenters. The van der Waals surface area contributed by atoms with Gasteiger partial charge in [-0.3, -0.25) is 4.98 Å². The molecule has 0 radical (unpaired) electrons. The summed E-state index contributed by atoms with van der Waals surface area (Å²) in [6.45, 7) is 6.30. The summed E-state index contributed by atoms with van der Waals surface area (Å²) >= 11 is 0. The van der Waals surface area contributed by atoms with Gasteiger partial charge in [0.25, 0.3) is 0 Å². The molecule has 0 spiro atoms. The topological polar surface area (TPSA) is 42.4 Å². The predicted molar refractivity (Wildman–Crippen MR) is 55.0 cm³/mol. The van der Waals surface area contributed by atoms with Gasteiger partial charge in [-0.1, -0.05) is 6.07 Å². The lowest BCUT2D eigenvalue weighted by Crippen LogP contribution is -2.18. The van der Waals surface area contributed by atoms with Gasteiger partial charge in [-0.2, -0.15) is 0 Å². The summed E-state index contributed by atoms with van der Waals surface area (Å²) < 4.78 is 5.31. The van der Waals surface area contributed by atoms with Crippen LogP contribution in [0.15, 0.2) is 18.3 Å². The van der Waals surface area contributed by atoms with Gasteiger partial charge in [-0.25, -0.2) is 0 Å². The Morgan fingerprint density at radius 3 is 2.71 bits per heavy atom. The lowest BCUT2D eigenvalue weighted by Gasteiger charge is -2.18. The van der Waals surface area contributed by atoms with Gasteiger partial charge >= 0.3 is 0 Å². The minimum absolute atomic E-state index is 0.190. The lowest BCUT2D eigenvalue weighted by molar-refractivity contribution is -0.0229. The molecule has 0 saturated heterocycles. The van der Waals surface area contributed by atoms with E-state index in [4.69, 9.17) is 4.74 Å². The largest absolute Gasteiger partial charge is 0.386 e. The number of nitrogens with zero attached hydrogens (tertiary/aromatic N) is 1. The molecular weight excluding hydrogens is 178 g/mol. The van der Waals surface area contributed by atoms with Gasteiger partial charge < -0.3 is 9.84 Å². The van der Waals surface area contributed by atoms with Crippen molar-refractivity contribution in [3.63, 3.8) is 0 Å². The lowest BCUT2D eigenvalue weighted by atomic mass is 10.1. The molecule has 1 heterocycles. The van der Waals surface area contributed by atoms with Crippen molar-refractivity contribution in [3.8, 4) is 0 Å². The van der Waals surface area contributed by atoms with Crippen molar-refractivity contribution in [2.24, 2.45) is 0 Å². The van der Waals surface area contributed by atoms with E-state index in [-0.39, 0.29) is 6.10 Å². The molecule has 78 valence electrons. The monoisotopic (exact) mass is 195 g/mol. The molecule has 3 nitrogen and oxygen atoms in total. The van der Waals surface area contributed by atoms with Crippen molar-refractivity contribution in [3.05, 3.63) is 29.6 Å². The van der Waals surface area contributed by atoms with Crippen LogP contribution in [0.25, 0.3) is 0 Å². The minimum Gasteiger partial charge on any atom is -0.386 e. The summed E-state index contributed by atoms with van der Waals surface area (Å²) in [7, 11) is 0. The number of aryl methyl sites for hydroxylation is 1. The van der Waals surface area contributed by atoms with E-state index in [0.717, 1.165) is 11.3 Å². The van der Waals surface area contributed by atoms with Crippen LogP contribution in [0.1, 0.15) is 31.2 Å². The van der Waals surface area contributed by atoms with Crippen LogP contribution >= 0.6 is 0 Å². The second-order valence-corrected chi connectivity index (χ2v) is 3.34. The van der Waals surface area contributed by atoms with Crippen LogP contribution in [0.2, 0.25) is 0 Å². The molecule has 3 heteroatoms. The van der Waals surface area contributed by atoms with Crippen molar-refractivity contribution in [2.45, 2.75) is 33.0 Å². The zero-order chi connectivity index (χ0) is 10.6. The average Bonchev–Trinajstić information content (AvgIpc) is 2.18. The highest BCUT2D eigenvalue weighted by Gasteiger charge is 2.16. The molecule has 1 aromatic rings. The highest BCUT2D eigenvalue weighted by molar-refractivity contribution is 5.16. The van der Waals surface area contributed by atoms with Crippen LogP contribution in [0.4, 0.5) is 0 Å². The number of pyridine rings is 1. The summed E-state index contributed by atoms with van der Waals surface area (Å²) in [5, 5.41) is 9.85. The first-order valence-corrected chi connectivity index (χ1v) is 4.87. The van der Waals surface area contributed by atoms with Gasteiger partial charge in [-0.15, -0.1) is 0 Å². The number of rotatable bonds is 4. The fourth-order valence-electron chi connectivity index (χ4n) is 1.28. The van der Waals surface area contributed by atoms with E-state index < -0.39 is 6.10 Å². The molecule has 0 aromatic carbocycles. The summed E-state index contributed by atoms with van der Waals surface area (Å²) in [5.41, 5.74) is 1.75. The Labute approximate surface area is 84.7 Å². The molecule has 0 aliphatic rings. The maximum Gasteiger partial charge on any atom is 0.106 e. The molecule has 0 saturated carbocycles. The van der Waals surface area contributed by atoms with Crippen molar-refractivity contribution in [1.82, 2.24) is 4.98 Å². The third-order valence-corrected chi connectivity index (χ3v) is 2.15. The fraction of sp³-hybridized carbons (Fsp3) is 0.545. The Morgan fingerprint density at radius 2 is 2.21 bits per heavy atom. The van der Waals surface area contributed by atoms with E-state index in [2.05, 4.69) is 4.98 Å². The molecule has 1 N–H and O–H groups in total. The van der Waals surface area contributed by atoms with Crippen LogP contribution in [0, 0.1) is 6.92 Å². The summed E-state index contributed by atoms with van der Waals surface area (Å²) in [6, 6.07) is 3.76. The van der Waals surface area contributed by atoms with Crippen molar-refractivity contribution < 1.29 is 9.84 Å². The Bertz CT molecular complexity index is 271. The third-order valence-electron chi connectivity index (χ3n) is 2.15. The van der Waals surface area contributed by atoms with Crippen molar-refractivity contribution in [1.29, 1.82) is 0 Å². The molecule has 0 aliphatic carbocycles. The van der Waals surface area contributed by atoms with Crippen LogP contribution in [0.3, 0.4) is 0 Å². The van der Waals surface area contributed by atoms with E-state index >= 15 is 0 Å². The number of aliphatic hydroxyl groups excluding tert-OH is 1. The van der Waals surface area contributed by atoms with Crippen molar-refractivity contribution >= 4 is 0 Å². The number of hydrogen-bond acceptors (Lipinski definition) is 3. The normalized spacial score (nSPS) is 15.1. The van der Waals surface area contributed by atoms with Gasteiger partial charge in [0.2, 0.25) is 0 Å². The Balaban J connectivity index is 2.68. The predicted octanol–water partition coefficient (Wildman–Crippen LogP) is 1.85. The smallest absolute Gasteiger partial charge is 0.106 e. The molecule has 2 atom stereocenters. The van der Waals surface area contributed by atoms with E-state index in [0.29, 0.717) is 6.61 Å². The summed E-state index contributed by atoms with van der Waals surface area (Å²) in [6.07, 6.45) is 0.905. The highest BCUT2D eigenvalue weighted by Crippen LogP contribution is 2.17. The molecule has 1 aromatic heterocycles. The highest BCUT2D eigenvalue weighted by atomic mass is 16.5. The molecule has 1 rings (SSSR count). The van der Waals surface area contributed by atoms with Crippen molar-refractivity contribution in [2.75, 3.05) is 6.61 Å². The third kappa shape index (κ3) is 2.79. The first-order chi connectivity index (χ1) is 6.65. The summed E-state index contributed by atoms with van der Waals surface area (Å²) in [5.74, 6) is 0. The second-order valence-electron chi connectivity index (χ2n) is 3.34. The molecule has 14 heavy (non-hydrogen) atoms. The quantitative estimate of drug-likeness (QED) is 0.797. The van der Waals surface area contributed by atoms with Crippen LogP contribution in [0.5, 0.6) is 0 Å². The Kier molecular flexibility index (Phi) is 4.04. The standard InChI is InChI=1S/C11H17NO2/c1-4-14-9(3)11(13)10-6-5-8(2)12-7-10/h5-7,9,11,13H,4H2,1-3H3. The number of hydrogen-bond donors (Lipinski definition) is 1. The van der Waals surface area contributed by atoms with Crippen LogP contribution < -0.4 is 0 Å². The van der Waals surface area contributed by atoms with Crippen LogP contribution in [-0.2, 0) is 4.74 Å². The van der Waals surface area contributed by atoms with E-state index in [1.165, 1.54) is 0 Å². The Morgan fingerprint density at radius 1 is 1.50 bits per heavy atom. The van der Waals surface area contributed by atoms with E-state index in [9.17, 15) is 5.11 Å². The number of aromatic nitrogens is 1. The van der Waals surface area contributed by atoms with E-state index in [1.807, 2.05) is 32.9 Å². The average molecular weight is 195 g/mol. The van der Waals surface area contributed by atoms with Gasteiger partial charge in [0.05, 0.1) is 6.10 Å². The SMILES string of the molecule is CCOC(C)C(O)c1ccc(C)nc1. The van der Waals surface area contributed by atoms with Crippen LogP contribution in [-0.4, -0.2) is 22.8 Å². The van der Waals surface area contributed by atoms with E-state index in [1.54, 1.807) is 6.20 Å². The first kappa shape index (κ1) is 11.1. The zero-order valence-corrected chi connectivity index (χ0v) is 8.90. The van der Waals surface area contributed by atoms with Gasteiger partial charge in [0.15, 0.2) is 0 Å². The fourth-order valence-corrected chi connectivity index (χ4v) is 1.28. The molecule has 0 fully saturated rings. The molecule has 0 bridgehead atoms.